The van der Waals surface area contributed by atoms with Crippen molar-refractivity contribution in [2.45, 2.75) is 31.2 Å². The monoisotopic (exact) mass is 805 g/mol. The Morgan fingerprint density at radius 3 is 1.85 bits per heavy atom. The zero-order valence-corrected chi connectivity index (χ0v) is 34.7. The lowest BCUT2D eigenvalue weighted by Crippen LogP contribution is -2.39. The van der Waals surface area contributed by atoms with E-state index in [1.807, 2.05) is 0 Å². The maximum atomic E-state index is 6.84. The second-order valence-electron chi connectivity index (χ2n) is 15.7. The van der Waals surface area contributed by atoms with E-state index in [0.717, 1.165) is 76.1 Å². The highest BCUT2D eigenvalue weighted by Gasteiger charge is 2.32. The first kappa shape index (κ1) is 38.5. The van der Waals surface area contributed by atoms with Crippen molar-refractivity contribution in [1.82, 2.24) is 9.97 Å². The first-order chi connectivity index (χ1) is 30.7. The second kappa shape index (κ2) is 17.5. The Labute approximate surface area is 363 Å². The zero-order chi connectivity index (χ0) is 41.7. The minimum Gasteiger partial charge on any atom is -0.451 e. The molecule has 0 bridgehead atoms. The van der Waals surface area contributed by atoms with Crippen LogP contribution in [0.5, 0.6) is 0 Å². The fourth-order valence-corrected chi connectivity index (χ4v) is 8.91. The van der Waals surface area contributed by atoms with Gasteiger partial charge in [0.05, 0.1) is 6.04 Å². The Hall–Kier alpha value is -7.70. The molecule has 0 saturated carbocycles. The van der Waals surface area contributed by atoms with Gasteiger partial charge in [-0.1, -0.05) is 146 Å². The molecular weight excluding hydrogens is 759 g/mol. The Kier molecular flexibility index (Phi) is 10.9. The third kappa shape index (κ3) is 7.75. The van der Waals surface area contributed by atoms with Crippen LogP contribution in [-0.4, -0.2) is 23.1 Å². The number of nitrogens with zero attached hydrogens (tertiary/aromatic N) is 5. The van der Waals surface area contributed by atoms with Crippen molar-refractivity contribution >= 4 is 57.0 Å². The van der Waals surface area contributed by atoms with Crippen molar-refractivity contribution in [1.29, 1.82) is 0 Å². The number of aryl methyl sites for hydroxylation is 1. The maximum Gasteiger partial charge on any atom is 0.196 e. The molecular formula is C56H47N5O. The number of para-hydroxylation sites is 4. The summed E-state index contributed by atoms with van der Waals surface area (Å²) in [4.78, 5) is 16.9. The molecule has 0 fully saturated rings. The van der Waals surface area contributed by atoms with Crippen LogP contribution in [0.3, 0.4) is 0 Å². The van der Waals surface area contributed by atoms with Crippen LogP contribution in [0.1, 0.15) is 41.2 Å². The maximum absolute atomic E-state index is 6.84. The second-order valence-corrected chi connectivity index (χ2v) is 15.7. The van der Waals surface area contributed by atoms with Gasteiger partial charge in [0.15, 0.2) is 11.4 Å². The van der Waals surface area contributed by atoms with Crippen LogP contribution < -0.4 is 14.7 Å². The number of furan rings is 1. The predicted molar refractivity (Wildman–Crippen MR) is 256 cm³/mol. The molecule has 2 aromatic heterocycles. The van der Waals surface area contributed by atoms with Gasteiger partial charge in [-0.3, -0.25) is 0 Å². The van der Waals surface area contributed by atoms with Crippen LogP contribution in [0.2, 0.25) is 0 Å². The Balaban J connectivity index is 1.10. The molecule has 6 nitrogen and oxygen atoms in total. The molecule has 10 rings (SSSR count). The Morgan fingerprint density at radius 1 is 0.613 bits per heavy atom. The third-order valence-electron chi connectivity index (χ3n) is 11.9. The molecule has 6 heteroatoms. The minimum atomic E-state index is -0.0992. The summed E-state index contributed by atoms with van der Waals surface area (Å²) in [5.74, 6) is 1.52. The lowest BCUT2D eigenvalue weighted by molar-refractivity contribution is 0.595. The molecule has 0 radical (unpaired) electrons. The number of rotatable bonds is 10. The summed E-state index contributed by atoms with van der Waals surface area (Å²) in [6, 6.07) is 61.9. The van der Waals surface area contributed by atoms with Gasteiger partial charge in [-0.2, -0.15) is 0 Å². The third-order valence-corrected chi connectivity index (χ3v) is 11.9. The van der Waals surface area contributed by atoms with E-state index in [0.29, 0.717) is 5.58 Å². The van der Waals surface area contributed by atoms with Gasteiger partial charge >= 0.3 is 0 Å². The van der Waals surface area contributed by atoms with E-state index in [2.05, 4.69) is 234 Å². The van der Waals surface area contributed by atoms with Gasteiger partial charge in [0.2, 0.25) is 0 Å². The highest BCUT2D eigenvalue weighted by Crippen LogP contribution is 2.42. The van der Waals surface area contributed by atoms with Crippen molar-refractivity contribution in [3.05, 3.63) is 241 Å². The van der Waals surface area contributed by atoms with Crippen LogP contribution in [-0.2, 0) is 6.42 Å². The average Bonchev–Trinajstić information content (AvgIpc) is 3.52. The van der Waals surface area contributed by atoms with Crippen LogP contribution in [0.15, 0.2) is 223 Å². The molecule has 2 aliphatic carbocycles. The van der Waals surface area contributed by atoms with Crippen LogP contribution in [0, 0.1) is 0 Å². The number of likely N-dealkylation sites (N-methyl/N-ethyl adjacent to an activating group) is 1. The Bertz CT molecular complexity index is 2820. The van der Waals surface area contributed by atoms with E-state index < -0.39 is 0 Å². The summed E-state index contributed by atoms with van der Waals surface area (Å²) in [6.45, 7) is 0. The molecule has 302 valence electrons. The smallest absolute Gasteiger partial charge is 0.196 e. The standard InChI is InChI=1S/C56H47N5O/c1-59(56-55-54(57-40-58-56)50-34-18-22-42(36-37-53(50)62-55)41-20-7-2-8-21-41)52-39-44(24-19-35-51(52)61(47-29-13-5-14-30-47)48-31-15-6-16-32-48)43-23-17-33-49(38-43)60(45-25-9-3-10-26-45)46-27-11-4-12-28-46/h2-17,19-33,36-40,44,51H,18,34-35H2,1H3/b37-36-,42-22+. The van der Waals surface area contributed by atoms with Gasteiger partial charge in [0, 0.05) is 52.7 Å². The topological polar surface area (TPSA) is 48.6 Å². The van der Waals surface area contributed by atoms with Gasteiger partial charge in [0.25, 0.3) is 0 Å². The predicted octanol–water partition coefficient (Wildman–Crippen LogP) is 14.0. The van der Waals surface area contributed by atoms with E-state index in [4.69, 9.17) is 14.4 Å². The normalized spacial score (nSPS) is 17.4. The molecule has 2 heterocycles. The van der Waals surface area contributed by atoms with Gasteiger partial charge in [-0.15, -0.1) is 0 Å². The average molecular weight is 806 g/mol. The van der Waals surface area contributed by atoms with Crippen LogP contribution >= 0.6 is 0 Å². The van der Waals surface area contributed by atoms with Crippen molar-refractivity contribution in [3.63, 3.8) is 0 Å². The van der Waals surface area contributed by atoms with Crippen molar-refractivity contribution in [2.75, 3.05) is 21.7 Å². The number of aromatic nitrogens is 2. The van der Waals surface area contributed by atoms with Gasteiger partial charge in [-0.25, -0.2) is 9.97 Å². The molecule has 2 aliphatic rings. The number of hydrogen-bond acceptors (Lipinski definition) is 6. The number of allylic oxidation sites excluding steroid dienone is 5. The highest BCUT2D eigenvalue weighted by molar-refractivity contribution is 5.91. The molecule has 2 atom stereocenters. The van der Waals surface area contributed by atoms with Crippen LogP contribution in [0.25, 0.3) is 22.7 Å². The molecule has 2 unspecified atom stereocenters. The van der Waals surface area contributed by atoms with E-state index in [-0.39, 0.29) is 12.0 Å². The molecule has 0 saturated heterocycles. The number of anilines is 6. The van der Waals surface area contributed by atoms with Crippen molar-refractivity contribution in [2.24, 2.45) is 0 Å². The molecule has 0 amide bonds. The van der Waals surface area contributed by atoms with Gasteiger partial charge in [0.1, 0.15) is 17.6 Å². The Morgan fingerprint density at radius 2 is 1.21 bits per heavy atom. The van der Waals surface area contributed by atoms with Crippen molar-refractivity contribution < 1.29 is 4.42 Å². The van der Waals surface area contributed by atoms with Crippen molar-refractivity contribution in [3.8, 4) is 0 Å². The summed E-state index contributed by atoms with van der Waals surface area (Å²) in [5, 5.41) is 0. The molecule has 0 N–H and O–H groups in total. The lowest BCUT2D eigenvalue weighted by Gasteiger charge is -2.38. The summed E-state index contributed by atoms with van der Waals surface area (Å²) in [5.41, 5.74) is 12.8. The lowest BCUT2D eigenvalue weighted by atomic mass is 9.96. The molecule has 8 aromatic rings. The van der Waals surface area contributed by atoms with E-state index in [1.165, 1.54) is 16.7 Å². The quantitative estimate of drug-likeness (QED) is 0.128. The molecule has 0 spiro atoms. The first-order valence-electron chi connectivity index (χ1n) is 21.4. The molecule has 6 aromatic carbocycles. The first-order valence-corrected chi connectivity index (χ1v) is 21.4. The van der Waals surface area contributed by atoms with E-state index >= 15 is 0 Å². The fourth-order valence-electron chi connectivity index (χ4n) is 8.91. The van der Waals surface area contributed by atoms with E-state index in [9.17, 15) is 0 Å². The highest BCUT2D eigenvalue weighted by atomic mass is 16.3. The summed E-state index contributed by atoms with van der Waals surface area (Å²) >= 11 is 0. The number of fused-ring (bicyclic) bond motifs is 3. The SMILES string of the molecule is CN(C1=CC(c2cccc(N(c3ccccc3)c3ccccc3)c2)C=CCC1N(c1ccccc1)c1ccccc1)c1ncnc2c3c(oc12)/C=C\C(c1ccccc1)=C/CC3. The van der Waals surface area contributed by atoms with Gasteiger partial charge < -0.3 is 19.1 Å². The van der Waals surface area contributed by atoms with Gasteiger partial charge in [-0.05, 0) is 103 Å². The molecule has 62 heavy (non-hydrogen) atoms. The summed E-state index contributed by atoms with van der Waals surface area (Å²) < 4.78 is 6.84. The fraction of sp³-hybridized carbons (Fsp3) is 0.107. The summed E-state index contributed by atoms with van der Waals surface area (Å²) in [7, 11) is 2.13. The molecule has 0 aliphatic heterocycles. The van der Waals surface area contributed by atoms with Crippen LogP contribution in [0.4, 0.5) is 34.3 Å². The number of benzene rings is 6. The van der Waals surface area contributed by atoms with E-state index in [1.54, 1.807) is 6.33 Å². The number of hydrogen-bond donors (Lipinski definition) is 0. The largest absolute Gasteiger partial charge is 0.451 e. The minimum absolute atomic E-state index is 0.0428. The summed E-state index contributed by atoms with van der Waals surface area (Å²) in [6.07, 6.45) is 17.8. The zero-order valence-electron chi connectivity index (χ0n) is 34.7.